The lowest BCUT2D eigenvalue weighted by molar-refractivity contribution is -0.114. The van der Waals surface area contributed by atoms with Crippen molar-refractivity contribution >= 4 is 28.9 Å². The fourth-order valence-electron chi connectivity index (χ4n) is 1.86. The van der Waals surface area contributed by atoms with Crippen LogP contribution >= 0.6 is 11.6 Å². The van der Waals surface area contributed by atoms with Gasteiger partial charge in [0.1, 0.15) is 11.6 Å². The predicted molar refractivity (Wildman–Crippen MR) is 81.1 cm³/mol. The summed E-state index contributed by atoms with van der Waals surface area (Å²) in [7, 11) is 0. The standard InChI is InChI=1S/C15H14ClFN2O2/c1-9(20)19-15-3-2-12(7-14(15)16)18-8-10-4-11(17)6-13(21)5-10/h2-7,18,21H,8H2,1H3,(H,19,20). The fraction of sp³-hybridized carbons (Fsp3) is 0.133. The van der Waals surface area contributed by atoms with E-state index in [0.717, 1.165) is 11.8 Å². The minimum atomic E-state index is -0.495. The molecule has 0 bridgehead atoms. The number of benzene rings is 2. The summed E-state index contributed by atoms with van der Waals surface area (Å²) in [5, 5.41) is 15.4. The highest BCUT2D eigenvalue weighted by molar-refractivity contribution is 6.34. The number of carbonyl (C=O) groups is 1. The van der Waals surface area contributed by atoms with Crippen LogP contribution in [0.2, 0.25) is 5.02 Å². The third kappa shape index (κ3) is 4.36. The Bertz CT molecular complexity index is 656. The molecule has 0 heterocycles. The lowest BCUT2D eigenvalue weighted by atomic mass is 10.2. The number of aromatic hydroxyl groups is 1. The number of phenols is 1. The van der Waals surface area contributed by atoms with Gasteiger partial charge in [0.15, 0.2) is 0 Å². The third-order valence-electron chi connectivity index (χ3n) is 2.72. The maximum atomic E-state index is 13.1. The van der Waals surface area contributed by atoms with Crippen LogP contribution < -0.4 is 10.6 Å². The molecular formula is C15H14ClFN2O2. The Morgan fingerprint density at radius 3 is 2.67 bits per heavy atom. The van der Waals surface area contributed by atoms with Crippen LogP contribution in [0.4, 0.5) is 15.8 Å². The van der Waals surface area contributed by atoms with Gasteiger partial charge in [0.2, 0.25) is 5.91 Å². The van der Waals surface area contributed by atoms with Crippen molar-refractivity contribution in [2.75, 3.05) is 10.6 Å². The molecule has 0 saturated heterocycles. The van der Waals surface area contributed by atoms with Crippen LogP contribution in [-0.2, 0) is 11.3 Å². The Morgan fingerprint density at radius 2 is 2.05 bits per heavy atom. The van der Waals surface area contributed by atoms with E-state index < -0.39 is 5.82 Å². The summed E-state index contributed by atoms with van der Waals surface area (Å²) in [6, 6.07) is 8.93. The first-order valence-corrected chi connectivity index (χ1v) is 6.61. The molecule has 0 unspecified atom stereocenters. The van der Waals surface area contributed by atoms with E-state index in [4.69, 9.17) is 11.6 Å². The summed E-state index contributed by atoms with van der Waals surface area (Å²) >= 11 is 6.05. The summed E-state index contributed by atoms with van der Waals surface area (Å²) in [4.78, 5) is 11.0. The quantitative estimate of drug-likeness (QED) is 0.806. The second kappa shape index (κ2) is 6.45. The summed E-state index contributed by atoms with van der Waals surface area (Å²) in [6.07, 6.45) is 0. The first kappa shape index (κ1) is 15.1. The SMILES string of the molecule is CC(=O)Nc1ccc(NCc2cc(O)cc(F)c2)cc1Cl. The molecule has 0 aliphatic rings. The van der Waals surface area contributed by atoms with Gasteiger partial charge < -0.3 is 15.7 Å². The maximum absolute atomic E-state index is 13.1. The van der Waals surface area contributed by atoms with Gasteiger partial charge in [-0.3, -0.25) is 4.79 Å². The van der Waals surface area contributed by atoms with E-state index in [1.165, 1.54) is 19.1 Å². The van der Waals surface area contributed by atoms with Crippen LogP contribution in [-0.4, -0.2) is 11.0 Å². The summed E-state index contributed by atoms with van der Waals surface area (Å²) in [5.41, 5.74) is 1.85. The third-order valence-corrected chi connectivity index (χ3v) is 3.03. The lowest BCUT2D eigenvalue weighted by Crippen LogP contribution is -2.06. The van der Waals surface area contributed by atoms with E-state index >= 15 is 0 Å². The lowest BCUT2D eigenvalue weighted by Gasteiger charge is -2.10. The Balaban J connectivity index is 2.06. The van der Waals surface area contributed by atoms with E-state index in [9.17, 15) is 14.3 Å². The molecule has 1 amide bonds. The number of phenolic OH excluding ortho intramolecular Hbond substituents is 1. The van der Waals surface area contributed by atoms with Crippen molar-refractivity contribution in [3.63, 3.8) is 0 Å². The zero-order valence-electron chi connectivity index (χ0n) is 11.3. The van der Waals surface area contributed by atoms with Crippen LogP contribution in [0.1, 0.15) is 12.5 Å². The van der Waals surface area contributed by atoms with Gasteiger partial charge in [-0.25, -0.2) is 4.39 Å². The van der Waals surface area contributed by atoms with Crippen LogP contribution in [0.15, 0.2) is 36.4 Å². The van der Waals surface area contributed by atoms with Gasteiger partial charge in [-0.15, -0.1) is 0 Å². The molecule has 6 heteroatoms. The fourth-order valence-corrected chi connectivity index (χ4v) is 2.08. The molecule has 0 spiro atoms. The highest BCUT2D eigenvalue weighted by atomic mass is 35.5. The highest BCUT2D eigenvalue weighted by Gasteiger charge is 2.04. The second-order valence-electron chi connectivity index (χ2n) is 4.55. The summed E-state index contributed by atoms with van der Waals surface area (Å²) < 4.78 is 13.1. The molecule has 21 heavy (non-hydrogen) atoms. The molecule has 110 valence electrons. The molecule has 0 atom stereocenters. The first-order valence-electron chi connectivity index (χ1n) is 6.23. The highest BCUT2D eigenvalue weighted by Crippen LogP contribution is 2.26. The van der Waals surface area contributed by atoms with Crippen molar-refractivity contribution in [3.05, 3.63) is 52.8 Å². The van der Waals surface area contributed by atoms with Crippen molar-refractivity contribution in [3.8, 4) is 5.75 Å². The van der Waals surface area contributed by atoms with Gasteiger partial charge in [0.05, 0.1) is 10.7 Å². The minimum Gasteiger partial charge on any atom is -0.508 e. The molecule has 0 aromatic heterocycles. The molecular weight excluding hydrogens is 295 g/mol. The zero-order chi connectivity index (χ0) is 15.4. The number of anilines is 2. The summed E-state index contributed by atoms with van der Waals surface area (Å²) in [5.74, 6) is -0.815. The van der Waals surface area contributed by atoms with Gasteiger partial charge in [-0.05, 0) is 35.9 Å². The molecule has 0 aliphatic carbocycles. The van der Waals surface area contributed by atoms with E-state index in [0.29, 0.717) is 22.8 Å². The zero-order valence-corrected chi connectivity index (χ0v) is 12.0. The molecule has 2 aromatic carbocycles. The maximum Gasteiger partial charge on any atom is 0.221 e. The van der Waals surface area contributed by atoms with Gasteiger partial charge in [0, 0.05) is 25.2 Å². The van der Waals surface area contributed by atoms with Crippen molar-refractivity contribution < 1.29 is 14.3 Å². The van der Waals surface area contributed by atoms with Crippen LogP contribution in [0.25, 0.3) is 0 Å². The Labute approximate surface area is 126 Å². The normalized spacial score (nSPS) is 10.2. The monoisotopic (exact) mass is 308 g/mol. The second-order valence-corrected chi connectivity index (χ2v) is 4.95. The van der Waals surface area contributed by atoms with Crippen molar-refractivity contribution in [2.24, 2.45) is 0 Å². The van der Waals surface area contributed by atoms with Crippen molar-refractivity contribution in [2.45, 2.75) is 13.5 Å². The molecule has 2 aromatic rings. The number of carbonyl (C=O) groups excluding carboxylic acids is 1. The van der Waals surface area contributed by atoms with E-state index in [1.807, 2.05) is 0 Å². The van der Waals surface area contributed by atoms with Gasteiger partial charge in [-0.1, -0.05) is 11.6 Å². The summed E-state index contributed by atoms with van der Waals surface area (Å²) in [6.45, 7) is 1.74. The van der Waals surface area contributed by atoms with Crippen LogP contribution in [0.5, 0.6) is 5.75 Å². The Hall–Kier alpha value is -2.27. The smallest absolute Gasteiger partial charge is 0.221 e. The average Bonchev–Trinajstić information content (AvgIpc) is 2.38. The topological polar surface area (TPSA) is 61.4 Å². The van der Waals surface area contributed by atoms with Crippen LogP contribution in [0.3, 0.4) is 0 Å². The molecule has 2 rings (SSSR count). The minimum absolute atomic E-state index is 0.120. The Morgan fingerprint density at radius 1 is 1.29 bits per heavy atom. The molecule has 0 aliphatic heterocycles. The van der Waals surface area contributed by atoms with E-state index in [1.54, 1.807) is 18.2 Å². The number of rotatable bonds is 4. The molecule has 4 nitrogen and oxygen atoms in total. The molecule has 0 fully saturated rings. The van der Waals surface area contributed by atoms with Crippen molar-refractivity contribution in [1.82, 2.24) is 0 Å². The van der Waals surface area contributed by atoms with Gasteiger partial charge >= 0.3 is 0 Å². The average molecular weight is 309 g/mol. The number of hydrogen-bond donors (Lipinski definition) is 3. The largest absolute Gasteiger partial charge is 0.508 e. The van der Waals surface area contributed by atoms with E-state index in [-0.39, 0.29) is 11.7 Å². The van der Waals surface area contributed by atoms with E-state index in [2.05, 4.69) is 10.6 Å². The number of halogens is 2. The molecule has 0 saturated carbocycles. The molecule has 0 radical (unpaired) electrons. The molecule has 3 N–H and O–H groups in total. The van der Waals surface area contributed by atoms with Crippen LogP contribution in [0, 0.1) is 5.82 Å². The van der Waals surface area contributed by atoms with Crippen molar-refractivity contribution in [1.29, 1.82) is 0 Å². The predicted octanol–water partition coefficient (Wildman–Crippen LogP) is 3.76. The number of nitrogens with one attached hydrogen (secondary N) is 2. The van der Waals surface area contributed by atoms with Gasteiger partial charge in [-0.2, -0.15) is 0 Å². The number of amides is 1. The number of hydrogen-bond acceptors (Lipinski definition) is 3. The van der Waals surface area contributed by atoms with Gasteiger partial charge in [0.25, 0.3) is 0 Å². The Kier molecular flexibility index (Phi) is 4.65. The first-order chi connectivity index (χ1) is 9.94.